The van der Waals surface area contributed by atoms with Gasteiger partial charge in [-0.1, -0.05) is 116 Å². The lowest BCUT2D eigenvalue weighted by Gasteiger charge is -2.09. The number of hydrogen-bond acceptors (Lipinski definition) is 3. The SMILES string of the molecule is CCCCCCCCCCOC(=O)c1ccc2cc(OCCCCCCCCCC)ccc2c1. The summed E-state index contributed by atoms with van der Waals surface area (Å²) in [4.78, 5) is 12.4. The normalized spacial score (nSPS) is 11.1. The lowest BCUT2D eigenvalue weighted by molar-refractivity contribution is 0.0498. The van der Waals surface area contributed by atoms with Gasteiger partial charge in [-0.3, -0.25) is 0 Å². The topological polar surface area (TPSA) is 35.5 Å². The van der Waals surface area contributed by atoms with E-state index in [1.807, 2.05) is 30.3 Å². The number of hydrogen-bond donors (Lipinski definition) is 0. The molecule has 0 aliphatic carbocycles. The van der Waals surface area contributed by atoms with E-state index < -0.39 is 0 Å². The number of unbranched alkanes of at least 4 members (excludes halogenated alkanes) is 14. The number of carbonyl (C=O) groups excluding carboxylic acids is 1. The Bertz CT molecular complexity index is 798. The van der Waals surface area contributed by atoms with Crippen LogP contribution in [0.4, 0.5) is 0 Å². The van der Waals surface area contributed by atoms with Crippen LogP contribution in [0.2, 0.25) is 0 Å². The monoisotopic (exact) mass is 468 g/mol. The van der Waals surface area contributed by atoms with Gasteiger partial charge in [0.05, 0.1) is 18.8 Å². The van der Waals surface area contributed by atoms with Crippen LogP contribution in [0.3, 0.4) is 0 Å². The number of carbonyl (C=O) groups is 1. The van der Waals surface area contributed by atoms with E-state index in [0.29, 0.717) is 12.2 Å². The number of benzene rings is 2. The Morgan fingerprint density at radius 1 is 0.588 bits per heavy atom. The molecule has 2 aromatic rings. The lowest BCUT2D eigenvalue weighted by Crippen LogP contribution is -2.06. The Morgan fingerprint density at radius 2 is 1.09 bits per heavy atom. The highest BCUT2D eigenvalue weighted by Crippen LogP contribution is 2.23. The van der Waals surface area contributed by atoms with Gasteiger partial charge in [-0.2, -0.15) is 0 Å². The molecule has 0 spiro atoms. The third-order valence-corrected chi connectivity index (χ3v) is 6.55. The standard InChI is InChI=1S/C31H48O3/c1-3-5-7-9-11-13-15-17-23-33-30-22-21-27-25-29(20-19-28(27)26-30)31(32)34-24-18-16-14-12-10-8-6-4-2/h19-22,25-26H,3-18,23-24H2,1-2H3. The van der Waals surface area contributed by atoms with Crippen molar-refractivity contribution in [1.29, 1.82) is 0 Å². The smallest absolute Gasteiger partial charge is 0.338 e. The van der Waals surface area contributed by atoms with Gasteiger partial charge in [0.2, 0.25) is 0 Å². The van der Waals surface area contributed by atoms with Crippen LogP contribution >= 0.6 is 0 Å². The van der Waals surface area contributed by atoms with Gasteiger partial charge < -0.3 is 9.47 Å². The van der Waals surface area contributed by atoms with Crippen molar-refractivity contribution in [1.82, 2.24) is 0 Å². The maximum Gasteiger partial charge on any atom is 0.338 e. The molecule has 2 aromatic carbocycles. The molecule has 0 aliphatic rings. The summed E-state index contributed by atoms with van der Waals surface area (Å²) in [7, 11) is 0. The Labute approximate surface area is 208 Å². The maximum absolute atomic E-state index is 12.4. The molecule has 0 N–H and O–H groups in total. The van der Waals surface area contributed by atoms with Crippen LogP contribution in [0.5, 0.6) is 5.75 Å². The largest absolute Gasteiger partial charge is 0.494 e. The fourth-order valence-electron chi connectivity index (χ4n) is 4.35. The fraction of sp³-hybridized carbons (Fsp3) is 0.645. The predicted molar refractivity (Wildman–Crippen MR) is 145 cm³/mol. The predicted octanol–water partition coefficient (Wildman–Crippen LogP) is 9.66. The van der Waals surface area contributed by atoms with Crippen molar-refractivity contribution >= 4 is 16.7 Å². The Hall–Kier alpha value is -2.03. The van der Waals surface area contributed by atoms with E-state index in [9.17, 15) is 4.79 Å². The molecule has 0 saturated carbocycles. The summed E-state index contributed by atoms with van der Waals surface area (Å²) < 4.78 is 11.5. The third kappa shape index (κ3) is 11.9. The minimum atomic E-state index is -0.222. The highest BCUT2D eigenvalue weighted by Gasteiger charge is 2.08. The minimum absolute atomic E-state index is 0.222. The second kappa shape index (κ2) is 18.3. The summed E-state index contributed by atoms with van der Waals surface area (Å²) in [6.45, 7) is 5.78. The van der Waals surface area contributed by atoms with Crippen LogP contribution in [-0.4, -0.2) is 19.2 Å². The zero-order chi connectivity index (χ0) is 24.3. The first-order chi connectivity index (χ1) is 16.7. The van der Waals surface area contributed by atoms with E-state index in [1.54, 1.807) is 0 Å². The maximum atomic E-state index is 12.4. The summed E-state index contributed by atoms with van der Waals surface area (Å²) >= 11 is 0. The van der Waals surface area contributed by atoms with Gasteiger partial charge >= 0.3 is 5.97 Å². The highest BCUT2D eigenvalue weighted by atomic mass is 16.5. The molecular weight excluding hydrogens is 420 g/mol. The first-order valence-corrected chi connectivity index (χ1v) is 14.1. The average molecular weight is 469 g/mol. The van der Waals surface area contributed by atoms with Crippen molar-refractivity contribution in [3.8, 4) is 5.75 Å². The number of esters is 1. The summed E-state index contributed by atoms with van der Waals surface area (Å²) in [5, 5.41) is 2.13. The number of rotatable bonds is 20. The van der Waals surface area contributed by atoms with Crippen molar-refractivity contribution < 1.29 is 14.3 Å². The van der Waals surface area contributed by atoms with E-state index in [0.717, 1.165) is 42.4 Å². The molecule has 0 heterocycles. The van der Waals surface area contributed by atoms with Crippen molar-refractivity contribution in [2.24, 2.45) is 0 Å². The van der Waals surface area contributed by atoms with Gasteiger partial charge in [-0.25, -0.2) is 4.79 Å². The summed E-state index contributed by atoms with van der Waals surface area (Å²) in [6, 6.07) is 11.9. The van der Waals surface area contributed by atoms with Crippen LogP contribution < -0.4 is 4.74 Å². The van der Waals surface area contributed by atoms with Gasteiger partial charge in [0.15, 0.2) is 0 Å². The molecule has 0 aliphatic heterocycles. The molecule has 0 aromatic heterocycles. The molecule has 0 fully saturated rings. The van der Waals surface area contributed by atoms with Crippen molar-refractivity contribution in [3.05, 3.63) is 42.0 Å². The zero-order valence-corrected chi connectivity index (χ0v) is 21.9. The van der Waals surface area contributed by atoms with E-state index in [4.69, 9.17) is 9.47 Å². The highest BCUT2D eigenvalue weighted by molar-refractivity contribution is 5.95. The van der Waals surface area contributed by atoms with Crippen molar-refractivity contribution in [3.63, 3.8) is 0 Å². The van der Waals surface area contributed by atoms with Gasteiger partial charge in [0.25, 0.3) is 0 Å². The second-order valence-electron chi connectivity index (χ2n) is 9.66. The van der Waals surface area contributed by atoms with E-state index in [2.05, 4.69) is 19.9 Å². The Morgan fingerprint density at radius 3 is 1.71 bits per heavy atom. The van der Waals surface area contributed by atoms with E-state index in [-0.39, 0.29) is 5.97 Å². The van der Waals surface area contributed by atoms with Crippen LogP contribution in [0, 0.1) is 0 Å². The molecule has 190 valence electrons. The van der Waals surface area contributed by atoms with Gasteiger partial charge in [-0.05, 0) is 47.9 Å². The summed E-state index contributed by atoms with van der Waals surface area (Å²) in [5.74, 6) is 0.681. The first-order valence-electron chi connectivity index (χ1n) is 14.1. The second-order valence-corrected chi connectivity index (χ2v) is 9.66. The summed E-state index contributed by atoms with van der Waals surface area (Å²) in [5.41, 5.74) is 0.625. The Kier molecular flexibility index (Phi) is 15.2. The molecule has 0 saturated heterocycles. The lowest BCUT2D eigenvalue weighted by atomic mass is 10.1. The quantitative estimate of drug-likeness (QED) is 0.143. The van der Waals surface area contributed by atoms with Crippen LogP contribution in [0.15, 0.2) is 36.4 Å². The Balaban J connectivity index is 1.63. The third-order valence-electron chi connectivity index (χ3n) is 6.55. The molecule has 3 nitrogen and oxygen atoms in total. The molecule has 0 amide bonds. The zero-order valence-electron chi connectivity index (χ0n) is 21.9. The molecule has 0 atom stereocenters. The van der Waals surface area contributed by atoms with Crippen molar-refractivity contribution in [2.75, 3.05) is 13.2 Å². The number of fused-ring (bicyclic) bond motifs is 1. The molecule has 3 heteroatoms. The minimum Gasteiger partial charge on any atom is -0.494 e. The van der Waals surface area contributed by atoms with Gasteiger partial charge in [-0.15, -0.1) is 0 Å². The first kappa shape index (κ1) is 28.2. The average Bonchev–Trinajstić information content (AvgIpc) is 2.86. The molecule has 34 heavy (non-hydrogen) atoms. The van der Waals surface area contributed by atoms with Crippen molar-refractivity contribution in [2.45, 2.75) is 117 Å². The van der Waals surface area contributed by atoms with Gasteiger partial charge in [0.1, 0.15) is 5.75 Å². The number of ether oxygens (including phenoxy) is 2. The fourth-order valence-corrected chi connectivity index (χ4v) is 4.35. The van der Waals surface area contributed by atoms with Crippen LogP contribution in [0.1, 0.15) is 127 Å². The van der Waals surface area contributed by atoms with Gasteiger partial charge in [0, 0.05) is 0 Å². The summed E-state index contributed by atoms with van der Waals surface area (Å²) in [6.07, 6.45) is 20.4. The molecule has 0 radical (unpaired) electrons. The van der Waals surface area contributed by atoms with E-state index in [1.165, 1.54) is 83.5 Å². The van der Waals surface area contributed by atoms with Crippen LogP contribution in [0.25, 0.3) is 10.8 Å². The van der Waals surface area contributed by atoms with E-state index >= 15 is 0 Å². The van der Waals surface area contributed by atoms with Crippen LogP contribution in [-0.2, 0) is 4.74 Å². The molecule has 0 unspecified atom stereocenters. The molecule has 0 bridgehead atoms. The molecule has 2 rings (SSSR count). The molecular formula is C31H48O3.